The Bertz CT molecular complexity index is 462. The molecule has 0 radical (unpaired) electrons. The fourth-order valence-electron chi connectivity index (χ4n) is 1.51. The van der Waals surface area contributed by atoms with E-state index in [0.29, 0.717) is 12.1 Å². The summed E-state index contributed by atoms with van der Waals surface area (Å²) in [5.74, 6) is -0.787. The Hall–Kier alpha value is -1.78. The molecule has 1 heterocycles. The first-order valence-electron chi connectivity index (χ1n) is 5.13. The molecule has 0 saturated carbocycles. The smallest absolute Gasteiger partial charge is 0.344 e. The standard InChI is InChI=1S/C11H15NO4/c1-4-12-8(13)6-7(3)9(10(12)14)11(15)16-5-2/h6,13H,4-5H2,1-3H3. The van der Waals surface area contributed by atoms with Crippen molar-refractivity contribution >= 4 is 5.97 Å². The van der Waals surface area contributed by atoms with Crippen molar-refractivity contribution in [2.75, 3.05) is 6.61 Å². The molecule has 0 atom stereocenters. The minimum absolute atomic E-state index is 0.0125. The second kappa shape index (κ2) is 4.83. The van der Waals surface area contributed by atoms with E-state index in [0.717, 1.165) is 4.57 Å². The Balaban J connectivity index is 3.40. The fraction of sp³-hybridized carbons (Fsp3) is 0.455. The Labute approximate surface area is 93.3 Å². The van der Waals surface area contributed by atoms with Crippen molar-refractivity contribution in [1.82, 2.24) is 4.57 Å². The quantitative estimate of drug-likeness (QED) is 0.781. The summed E-state index contributed by atoms with van der Waals surface area (Å²) in [6, 6.07) is 1.39. The van der Waals surface area contributed by atoms with E-state index in [1.165, 1.54) is 6.07 Å². The molecule has 0 aliphatic heterocycles. The second-order valence-corrected chi connectivity index (χ2v) is 3.33. The van der Waals surface area contributed by atoms with Gasteiger partial charge in [0.1, 0.15) is 5.56 Å². The molecule has 0 aliphatic rings. The highest BCUT2D eigenvalue weighted by Crippen LogP contribution is 2.13. The molecule has 0 amide bonds. The van der Waals surface area contributed by atoms with E-state index >= 15 is 0 Å². The first kappa shape index (κ1) is 12.3. The third-order valence-electron chi connectivity index (χ3n) is 2.27. The van der Waals surface area contributed by atoms with Crippen LogP contribution in [0.25, 0.3) is 0 Å². The van der Waals surface area contributed by atoms with Crippen LogP contribution in [0.4, 0.5) is 0 Å². The zero-order chi connectivity index (χ0) is 12.3. The maximum absolute atomic E-state index is 11.9. The topological polar surface area (TPSA) is 68.5 Å². The molecular formula is C11H15NO4. The van der Waals surface area contributed by atoms with E-state index in [-0.39, 0.29) is 18.1 Å². The Kier molecular flexibility index (Phi) is 3.71. The first-order chi connectivity index (χ1) is 7.52. The zero-order valence-electron chi connectivity index (χ0n) is 9.61. The fourth-order valence-corrected chi connectivity index (χ4v) is 1.51. The molecular weight excluding hydrogens is 210 g/mol. The van der Waals surface area contributed by atoms with Crippen molar-refractivity contribution in [3.8, 4) is 5.88 Å². The van der Waals surface area contributed by atoms with Crippen LogP contribution >= 0.6 is 0 Å². The maximum atomic E-state index is 11.9. The average Bonchev–Trinajstić information content (AvgIpc) is 2.17. The summed E-state index contributed by atoms with van der Waals surface area (Å²) in [6.45, 7) is 5.49. The number of carbonyl (C=O) groups is 1. The number of aromatic nitrogens is 1. The van der Waals surface area contributed by atoms with Gasteiger partial charge in [0.25, 0.3) is 5.56 Å². The third-order valence-corrected chi connectivity index (χ3v) is 2.27. The van der Waals surface area contributed by atoms with Crippen molar-refractivity contribution in [1.29, 1.82) is 0 Å². The Morgan fingerprint density at radius 3 is 2.62 bits per heavy atom. The summed E-state index contributed by atoms with van der Waals surface area (Å²) >= 11 is 0. The highest BCUT2D eigenvalue weighted by Gasteiger charge is 2.18. The summed E-state index contributed by atoms with van der Waals surface area (Å²) in [6.07, 6.45) is 0. The van der Waals surface area contributed by atoms with Crippen LogP contribution in [0.15, 0.2) is 10.9 Å². The number of pyridine rings is 1. The summed E-state index contributed by atoms with van der Waals surface area (Å²) in [5.41, 5.74) is -0.106. The van der Waals surface area contributed by atoms with Crippen LogP contribution in [-0.4, -0.2) is 22.2 Å². The van der Waals surface area contributed by atoms with Gasteiger partial charge in [0, 0.05) is 12.6 Å². The van der Waals surface area contributed by atoms with Crippen LogP contribution in [0.2, 0.25) is 0 Å². The number of ether oxygens (including phenoxy) is 1. The van der Waals surface area contributed by atoms with E-state index in [2.05, 4.69) is 0 Å². The van der Waals surface area contributed by atoms with Gasteiger partial charge in [-0.15, -0.1) is 0 Å². The van der Waals surface area contributed by atoms with Gasteiger partial charge in [-0.05, 0) is 26.3 Å². The van der Waals surface area contributed by atoms with E-state index in [1.807, 2.05) is 0 Å². The average molecular weight is 225 g/mol. The Morgan fingerprint density at radius 1 is 1.50 bits per heavy atom. The van der Waals surface area contributed by atoms with Crippen molar-refractivity contribution in [2.45, 2.75) is 27.3 Å². The number of nitrogens with zero attached hydrogens (tertiary/aromatic N) is 1. The third kappa shape index (κ3) is 2.08. The number of aromatic hydroxyl groups is 1. The molecule has 0 fully saturated rings. The summed E-state index contributed by atoms with van der Waals surface area (Å²) in [4.78, 5) is 23.4. The largest absolute Gasteiger partial charge is 0.494 e. The number of rotatable bonds is 3. The number of hydrogen-bond acceptors (Lipinski definition) is 4. The number of hydrogen-bond donors (Lipinski definition) is 1. The monoisotopic (exact) mass is 225 g/mol. The lowest BCUT2D eigenvalue weighted by molar-refractivity contribution is 0.0522. The summed E-state index contributed by atoms with van der Waals surface area (Å²) in [5, 5.41) is 9.52. The van der Waals surface area contributed by atoms with Gasteiger partial charge >= 0.3 is 5.97 Å². The van der Waals surface area contributed by atoms with E-state index in [9.17, 15) is 14.7 Å². The van der Waals surface area contributed by atoms with Gasteiger partial charge in [-0.1, -0.05) is 0 Å². The lowest BCUT2D eigenvalue weighted by Crippen LogP contribution is -2.28. The van der Waals surface area contributed by atoms with Gasteiger partial charge in [-0.25, -0.2) is 4.79 Å². The predicted molar refractivity (Wildman–Crippen MR) is 58.7 cm³/mol. The van der Waals surface area contributed by atoms with Crippen LogP contribution in [0, 0.1) is 6.92 Å². The summed E-state index contributed by atoms with van der Waals surface area (Å²) in [7, 11) is 0. The molecule has 0 saturated heterocycles. The normalized spacial score (nSPS) is 10.2. The minimum atomic E-state index is -0.646. The molecule has 1 rings (SSSR count). The van der Waals surface area contributed by atoms with Crippen LogP contribution in [-0.2, 0) is 11.3 Å². The molecule has 1 aromatic heterocycles. The molecule has 0 unspecified atom stereocenters. The van der Waals surface area contributed by atoms with Crippen molar-refractivity contribution in [2.24, 2.45) is 0 Å². The van der Waals surface area contributed by atoms with Gasteiger partial charge < -0.3 is 9.84 Å². The van der Waals surface area contributed by atoms with Crippen molar-refractivity contribution < 1.29 is 14.6 Å². The zero-order valence-corrected chi connectivity index (χ0v) is 9.61. The van der Waals surface area contributed by atoms with Crippen LogP contribution in [0.1, 0.15) is 29.8 Å². The molecule has 5 heteroatoms. The van der Waals surface area contributed by atoms with Crippen molar-refractivity contribution in [3.05, 3.63) is 27.5 Å². The molecule has 0 bridgehead atoms. The van der Waals surface area contributed by atoms with Gasteiger partial charge in [0.05, 0.1) is 6.61 Å². The van der Waals surface area contributed by atoms with Gasteiger partial charge in [0.15, 0.2) is 5.88 Å². The first-order valence-corrected chi connectivity index (χ1v) is 5.13. The molecule has 0 spiro atoms. The SMILES string of the molecule is CCOC(=O)c1c(C)cc(O)n(CC)c1=O. The molecule has 1 aromatic rings. The molecule has 0 aliphatic carbocycles. The second-order valence-electron chi connectivity index (χ2n) is 3.33. The van der Waals surface area contributed by atoms with Crippen LogP contribution < -0.4 is 5.56 Å². The van der Waals surface area contributed by atoms with Gasteiger partial charge in [-0.3, -0.25) is 9.36 Å². The number of aryl methyl sites for hydroxylation is 1. The molecule has 16 heavy (non-hydrogen) atoms. The number of carbonyl (C=O) groups excluding carboxylic acids is 1. The number of esters is 1. The lowest BCUT2D eigenvalue weighted by Gasteiger charge is -2.10. The molecule has 5 nitrogen and oxygen atoms in total. The molecule has 1 N–H and O–H groups in total. The van der Waals surface area contributed by atoms with E-state index < -0.39 is 11.5 Å². The molecule has 88 valence electrons. The van der Waals surface area contributed by atoms with E-state index in [4.69, 9.17) is 4.74 Å². The van der Waals surface area contributed by atoms with E-state index in [1.54, 1.807) is 20.8 Å². The van der Waals surface area contributed by atoms with Crippen LogP contribution in [0.3, 0.4) is 0 Å². The molecule has 0 aromatic carbocycles. The van der Waals surface area contributed by atoms with Crippen molar-refractivity contribution in [3.63, 3.8) is 0 Å². The lowest BCUT2D eigenvalue weighted by atomic mass is 10.1. The maximum Gasteiger partial charge on any atom is 0.344 e. The highest BCUT2D eigenvalue weighted by atomic mass is 16.5. The Morgan fingerprint density at radius 2 is 2.12 bits per heavy atom. The van der Waals surface area contributed by atoms with Gasteiger partial charge in [0.2, 0.25) is 0 Å². The minimum Gasteiger partial charge on any atom is -0.494 e. The summed E-state index contributed by atoms with van der Waals surface area (Å²) < 4.78 is 5.92. The van der Waals surface area contributed by atoms with Gasteiger partial charge in [-0.2, -0.15) is 0 Å². The predicted octanol–water partition coefficient (Wildman–Crippen LogP) is 1.06. The highest BCUT2D eigenvalue weighted by molar-refractivity contribution is 5.90. The van der Waals surface area contributed by atoms with Crippen LogP contribution in [0.5, 0.6) is 5.88 Å².